The van der Waals surface area contributed by atoms with Gasteiger partial charge >= 0.3 is 0 Å². The van der Waals surface area contributed by atoms with Gasteiger partial charge in [-0.25, -0.2) is 0 Å². The number of carbonyl (C=O) groups excluding carboxylic acids is 4. The van der Waals surface area contributed by atoms with E-state index in [0.717, 1.165) is 12.8 Å². The van der Waals surface area contributed by atoms with Crippen LogP contribution in [0.15, 0.2) is 0 Å². The molecule has 0 saturated heterocycles. The van der Waals surface area contributed by atoms with Gasteiger partial charge in [-0.05, 0) is 12.8 Å². The third kappa shape index (κ3) is 5.68. The van der Waals surface area contributed by atoms with Crippen molar-refractivity contribution in [2.45, 2.75) is 50.6 Å². The van der Waals surface area contributed by atoms with Gasteiger partial charge in [0, 0.05) is 12.1 Å². The minimum atomic E-state index is -0.701. The molecule has 0 heterocycles. The molecule has 8 heteroatoms. The summed E-state index contributed by atoms with van der Waals surface area (Å²) >= 11 is 0. The number of nitrogens with one attached hydrogen (secondary N) is 2. The zero-order valence-electron chi connectivity index (χ0n) is 11.2. The first-order chi connectivity index (χ1) is 9.38. The van der Waals surface area contributed by atoms with E-state index in [4.69, 9.17) is 11.5 Å². The highest BCUT2D eigenvalue weighted by atomic mass is 16.2. The molecule has 4 amide bonds. The third-order valence-corrected chi connectivity index (χ3v) is 3.13. The molecule has 112 valence electrons. The minimum absolute atomic E-state index is 0.257. The summed E-state index contributed by atoms with van der Waals surface area (Å²) in [6.45, 7) is 0. The van der Waals surface area contributed by atoms with Crippen LogP contribution in [0.5, 0.6) is 0 Å². The Bertz CT molecular complexity index is 372. The molecule has 0 spiro atoms. The van der Waals surface area contributed by atoms with Gasteiger partial charge in [-0.3, -0.25) is 19.2 Å². The molecule has 0 aromatic rings. The maximum absolute atomic E-state index is 11.5. The van der Waals surface area contributed by atoms with Crippen LogP contribution in [0.2, 0.25) is 0 Å². The van der Waals surface area contributed by atoms with Crippen LogP contribution in [0.4, 0.5) is 0 Å². The smallest absolute Gasteiger partial charge is 0.229 e. The van der Waals surface area contributed by atoms with Crippen LogP contribution in [-0.4, -0.2) is 35.7 Å². The fourth-order valence-corrected chi connectivity index (χ4v) is 2.31. The van der Waals surface area contributed by atoms with Crippen LogP contribution in [0.1, 0.15) is 38.5 Å². The van der Waals surface area contributed by atoms with Gasteiger partial charge < -0.3 is 22.1 Å². The highest BCUT2D eigenvalue weighted by Gasteiger charge is 2.28. The van der Waals surface area contributed by atoms with E-state index in [0.29, 0.717) is 12.8 Å². The maximum Gasteiger partial charge on any atom is 0.229 e. The second-order valence-electron chi connectivity index (χ2n) is 4.92. The molecule has 0 radical (unpaired) electrons. The summed E-state index contributed by atoms with van der Waals surface area (Å²) < 4.78 is 0. The molecule has 0 unspecified atom stereocenters. The Balaban J connectivity index is 2.53. The number of carbonyl (C=O) groups is 4. The van der Waals surface area contributed by atoms with Crippen molar-refractivity contribution in [3.63, 3.8) is 0 Å². The van der Waals surface area contributed by atoms with E-state index in [1.807, 2.05) is 0 Å². The number of rotatable bonds is 6. The standard InChI is InChI=1S/C12H20N4O4/c13-9(17)5-11(19)15-7-3-1-2-4-8(7)16-12(20)6-10(14)18/h7-8H,1-6H2,(H2,13,17)(H2,14,18)(H,15,19)(H,16,20)/t7-,8-/m1/s1. The summed E-state index contributed by atoms with van der Waals surface area (Å²) in [5.74, 6) is -2.32. The Morgan fingerprint density at radius 2 is 1.15 bits per heavy atom. The summed E-state index contributed by atoms with van der Waals surface area (Å²) in [7, 11) is 0. The van der Waals surface area contributed by atoms with Crippen molar-refractivity contribution in [1.29, 1.82) is 0 Å². The van der Waals surface area contributed by atoms with Crippen LogP contribution >= 0.6 is 0 Å². The molecule has 6 N–H and O–H groups in total. The Morgan fingerprint density at radius 1 is 0.800 bits per heavy atom. The van der Waals surface area contributed by atoms with E-state index >= 15 is 0 Å². The Labute approximate surface area is 116 Å². The van der Waals surface area contributed by atoms with E-state index in [1.54, 1.807) is 0 Å². The van der Waals surface area contributed by atoms with Gasteiger partial charge in [0.15, 0.2) is 0 Å². The number of primary amides is 2. The molecule has 1 fully saturated rings. The van der Waals surface area contributed by atoms with Gasteiger partial charge in [0.25, 0.3) is 0 Å². The van der Waals surface area contributed by atoms with Gasteiger partial charge in [-0.1, -0.05) is 12.8 Å². The number of hydrogen-bond acceptors (Lipinski definition) is 4. The zero-order valence-corrected chi connectivity index (χ0v) is 11.2. The quantitative estimate of drug-likeness (QED) is 0.430. The van der Waals surface area contributed by atoms with E-state index in [9.17, 15) is 19.2 Å². The number of amides is 4. The van der Waals surface area contributed by atoms with E-state index < -0.39 is 23.6 Å². The molecule has 0 aliphatic heterocycles. The molecule has 1 rings (SSSR count). The molecular weight excluding hydrogens is 264 g/mol. The Kier molecular flexibility index (Phi) is 5.95. The molecule has 1 aliphatic rings. The zero-order chi connectivity index (χ0) is 15.1. The number of hydrogen-bond donors (Lipinski definition) is 4. The lowest BCUT2D eigenvalue weighted by Gasteiger charge is -2.32. The van der Waals surface area contributed by atoms with E-state index in [2.05, 4.69) is 10.6 Å². The SMILES string of the molecule is NC(=O)CC(=O)N[C@@H]1CCCC[C@H]1NC(=O)CC(N)=O. The van der Waals surface area contributed by atoms with Crippen LogP contribution in [-0.2, 0) is 19.2 Å². The lowest BCUT2D eigenvalue weighted by atomic mass is 9.90. The highest BCUT2D eigenvalue weighted by molar-refractivity contribution is 5.97. The highest BCUT2D eigenvalue weighted by Crippen LogP contribution is 2.18. The van der Waals surface area contributed by atoms with Crippen LogP contribution in [0.3, 0.4) is 0 Å². The second-order valence-corrected chi connectivity index (χ2v) is 4.92. The minimum Gasteiger partial charge on any atom is -0.369 e. The summed E-state index contributed by atoms with van der Waals surface area (Å²) in [5.41, 5.74) is 9.90. The molecule has 20 heavy (non-hydrogen) atoms. The largest absolute Gasteiger partial charge is 0.369 e. The second kappa shape index (κ2) is 7.46. The van der Waals surface area contributed by atoms with Crippen molar-refractivity contribution in [3.8, 4) is 0 Å². The van der Waals surface area contributed by atoms with Crippen molar-refractivity contribution < 1.29 is 19.2 Å². The lowest BCUT2D eigenvalue weighted by Crippen LogP contribution is -2.53. The molecule has 0 aromatic heterocycles. The Morgan fingerprint density at radius 3 is 1.45 bits per heavy atom. The van der Waals surface area contributed by atoms with Crippen LogP contribution < -0.4 is 22.1 Å². The van der Waals surface area contributed by atoms with Crippen molar-refractivity contribution >= 4 is 23.6 Å². The lowest BCUT2D eigenvalue weighted by molar-refractivity contribution is -0.131. The first kappa shape index (κ1) is 15.9. The molecule has 0 bridgehead atoms. The molecule has 0 aromatic carbocycles. The summed E-state index contributed by atoms with van der Waals surface area (Å²) in [5, 5.41) is 5.38. The Hall–Kier alpha value is -2.12. The fraction of sp³-hybridized carbons (Fsp3) is 0.667. The van der Waals surface area contributed by atoms with Gasteiger partial charge in [-0.15, -0.1) is 0 Å². The van der Waals surface area contributed by atoms with Gasteiger partial charge in [0.2, 0.25) is 23.6 Å². The molecule has 2 atom stereocenters. The average molecular weight is 284 g/mol. The third-order valence-electron chi connectivity index (χ3n) is 3.13. The maximum atomic E-state index is 11.5. The molecular formula is C12H20N4O4. The summed E-state index contributed by atoms with van der Waals surface area (Å²) in [4.78, 5) is 44.4. The van der Waals surface area contributed by atoms with E-state index in [-0.39, 0.29) is 24.9 Å². The van der Waals surface area contributed by atoms with Gasteiger partial charge in [0.05, 0.1) is 0 Å². The number of nitrogens with two attached hydrogens (primary N) is 2. The van der Waals surface area contributed by atoms with E-state index in [1.165, 1.54) is 0 Å². The topological polar surface area (TPSA) is 144 Å². The summed E-state index contributed by atoms with van der Waals surface area (Å²) in [6, 6.07) is -0.514. The molecule has 1 aliphatic carbocycles. The van der Waals surface area contributed by atoms with Crippen LogP contribution in [0.25, 0.3) is 0 Å². The monoisotopic (exact) mass is 284 g/mol. The van der Waals surface area contributed by atoms with Gasteiger partial charge in [0.1, 0.15) is 12.8 Å². The van der Waals surface area contributed by atoms with Crippen molar-refractivity contribution in [3.05, 3.63) is 0 Å². The molecule has 8 nitrogen and oxygen atoms in total. The fourth-order valence-electron chi connectivity index (χ4n) is 2.31. The first-order valence-corrected chi connectivity index (χ1v) is 6.54. The normalized spacial score (nSPS) is 21.8. The van der Waals surface area contributed by atoms with Crippen molar-refractivity contribution in [2.75, 3.05) is 0 Å². The van der Waals surface area contributed by atoms with Gasteiger partial charge in [-0.2, -0.15) is 0 Å². The van der Waals surface area contributed by atoms with Crippen molar-refractivity contribution in [1.82, 2.24) is 10.6 Å². The van der Waals surface area contributed by atoms with Crippen LogP contribution in [0, 0.1) is 0 Å². The molecule has 1 saturated carbocycles. The first-order valence-electron chi connectivity index (χ1n) is 6.54. The predicted octanol–water partition coefficient (Wildman–Crippen LogP) is -1.72. The predicted molar refractivity (Wildman–Crippen MR) is 70.0 cm³/mol. The summed E-state index contributed by atoms with van der Waals surface area (Å²) in [6.07, 6.45) is 2.49. The average Bonchev–Trinajstić information content (AvgIpc) is 2.29. The van der Waals surface area contributed by atoms with Crippen molar-refractivity contribution in [2.24, 2.45) is 11.5 Å².